The van der Waals surface area contributed by atoms with Crippen LogP contribution in [-0.2, 0) is 4.79 Å². The molecule has 0 aliphatic carbocycles. The Labute approximate surface area is 172 Å². The van der Waals surface area contributed by atoms with Crippen molar-refractivity contribution in [2.24, 2.45) is 11.7 Å². The summed E-state index contributed by atoms with van der Waals surface area (Å²) in [6.07, 6.45) is -4.57. The van der Waals surface area contributed by atoms with Crippen molar-refractivity contribution in [1.29, 1.82) is 5.26 Å². The summed E-state index contributed by atoms with van der Waals surface area (Å²) < 4.78 is 42.2. The predicted octanol–water partition coefficient (Wildman–Crippen LogP) is 4.45. The predicted molar refractivity (Wildman–Crippen MR) is 106 cm³/mol. The fourth-order valence-electron chi connectivity index (χ4n) is 3.23. The molecule has 0 aliphatic rings. The summed E-state index contributed by atoms with van der Waals surface area (Å²) >= 11 is 1.45. The van der Waals surface area contributed by atoms with Crippen LogP contribution in [0.5, 0.6) is 0 Å². The third-order valence-electron chi connectivity index (χ3n) is 4.46. The molecule has 1 amide bonds. The van der Waals surface area contributed by atoms with Crippen LogP contribution < -0.4 is 5.73 Å². The van der Waals surface area contributed by atoms with E-state index in [2.05, 4.69) is 4.98 Å². The van der Waals surface area contributed by atoms with Gasteiger partial charge in [0.25, 0.3) is 0 Å². The van der Waals surface area contributed by atoms with Crippen LogP contribution >= 0.6 is 11.3 Å². The Balaban J connectivity index is 2.47. The molecule has 156 valence electrons. The number of nitrogens with zero attached hydrogens (tertiary/aromatic N) is 3. The maximum atomic E-state index is 14.1. The number of nitriles is 1. The molecule has 9 heteroatoms. The minimum atomic E-state index is -4.69. The van der Waals surface area contributed by atoms with Crippen LogP contribution in [0.2, 0.25) is 0 Å². The molecule has 0 saturated carbocycles. The molecular weight excluding hydrogens is 401 g/mol. The number of carbonyl (C=O) groups is 1. The molecule has 1 heterocycles. The van der Waals surface area contributed by atoms with Crippen molar-refractivity contribution in [3.8, 4) is 17.3 Å². The number of nitrogens with two attached hydrogens (primary N) is 1. The molecule has 2 N–H and O–H groups in total. The van der Waals surface area contributed by atoms with E-state index in [0.29, 0.717) is 11.3 Å². The molecule has 2 rings (SSSR count). The lowest BCUT2D eigenvalue weighted by Gasteiger charge is -2.37. The van der Waals surface area contributed by atoms with Gasteiger partial charge in [0.05, 0.1) is 29.4 Å². The third-order valence-corrected chi connectivity index (χ3v) is 5.23. The highest BCUT2D eigenvalue weighted by Gasteiger charge is 2.47. The summed E-state index contributed by atoms with van der Waals surface area (Å²) in [6.45, 7) is 4.85. The fraction of sp³-hybridized carbons (Fsp3) is 0.450. The molecule has 5 nitrogen and oxygen atoms in total. The lowest BCUT2D eigenvalue weighted by atomic mass is 9.96. The molecule has 0 spiro atoms. The Morgan fingerprint density at radius 1 is 1.31 bits per heavy atom. The Bertz CT molecular complexity index is 871. The van der Waals surface area contributed by atoms with Crippen LogP contribution in [0, 0.1) is 24.2 Å². The quantitative estimate of drug-likeness (QED) is 0.635. The van der Waals surface area contributed by atoms with E-state index in [1.807, 2.05) is 12.3 Å². The normalized spacial score (nSPS) is 14.0. The largest absolute Gasteiger partial charge is 0.408 e. The fourth-order valence-corrected chi connectivity index (χ4v) is 3.85. The molecule has 1 aromatic heterocycles. The number of carbonyl (C=O) groups excluding carboxylic acids is 1. The van der Waals surface area contributed by atoms with Gasteiger partial charge in [0, 0.05) is 10.9 Å². The number of primary amides is 1. The van der Waals surface area contributed by atoms with Crippen molar-refractivity contribution in [2.45, 2.75) is 45.5 Å². The van der Waals surface area contributed by atoms with E-state index >= 15 is 0 Å². The number of hydrogen-bond acceptors (Lipinski definition) is 5. The van der Waals surface area contributed by atoms with Gasteiger partial charge in [0.2, 0.25) is 5.91 Å². The molecule has 0 aliphatic heterocycles. The zero-order valence-electron chi connectivity index (χ0n) is 16.4. The molecule has 0 unspecified atom stereocenters. The number of alkyl halides is 3. The van der Waals surface area contributed by atoms with Gasteiger partial charge in [-0.2, -0.15) is 18.4 Å². The first-order valence-corrected chi connectivity index (χ1v) is 9.93. The van der Waals surface area contributed by atoms with Crippen LogP contribution in [0.4, 0.5) is 13.2 Å². The maximum absolute atomic E-state index is 14.1. The Morgan fingerprint density at radius 2 is 1.93 bits per heavy atom. The molecule has 0 radical (unpaired) electrons. The van der Waals surface area contributed by atoms with E-state index in [9.17, 15) is 18.0 Å². The zero-order valence-corrected chi connectivity index (χ0v) is 17.2. The van der Waals surface area contributed by atoms with Crippen LogP contribution in [0.15, 0.2) is 29.6 Å². The first-order valence-electron chi connectivity index (χ1n) is 9.05. The topological polar surface area (TPSA) is 83.0 Å². The van der Waals surface area contributed by atoms with E-state index < -0.39 is 30.7 Å². The molecule has 2 atom stereocenters. The van der Waals surface area contributed by atoms with Crippen LogP contribution in [0.25, 0.3) is 11.3 Å². The summed E-state index contributed by atoms with van der Waals surface area (Å²) in [5, 5.41) is 11.8. The van der Waals surface area contributed by atoms with Crippen molar-refractivity contribution in [3.63, 3.8) is 0 Å². The number of benzene rings is 1. The molecule has 2 aromatic rings. The minimum absolute atomic E-state index is 0.0570. The standard InChI is InChI=1S/C20H23F3N4OS/c1-12(2)10-17(19(25)28)27(9-8-24)18(20(21,22)23)15-6-4-14(5-7-15)16-11-29-13(3)26-16/h4-7,11-12,17-18H,9-10H2,1-3H3,(H2,25,28)/t17-,18-/m0/s1. The monoisotopic (exact) mass is 424 g/mol. The number of rotatable bonds is 8. The maximum Gasteiger partial charge on any atom is 0.408 e. The SMILES string of the molecule is Cc1nc(-c2ccc([C@H](N(CC#N)[C@@H](CC(C)C)C(N)=O)C(F)(F)F)cc2)cs1. The second-order valence-electron chi connectivity index (χ2n) is 7.20. The van der Waals surface area contributed by atoms with Gasteiger partial charge in [0.15, 0.2) is 0 Å². The highest BCUT2D eigenvalue weighted by molar-refractivity contribution is 7.09. The third kappa shape index (κ3) is 5.78. The van der Waals surface area contributed by atoms with E-state index in [-0.39, 0.29) is 17.9 Å². The molecule has 29 heavy (non-hydrogen) atoms. The van der Waals surface area contributed by atoms with E-state index in [1.165, 1.54) is 23.5 Å². The molecule has 1 aromatic carbocycles. The zero-order chi connectivity index (χ0) is 21.8. The summed E-state index contributed by atoms with van der Waals surface area (Å²) in [4.78, 5) is 17.1. The Morgan fingerprint density at radius 3 is 2.34 bits per heavy atom. The summed E-state index contributed by atoms with van der Waals surface area (Å²) in [5.41, 5.74) is 6.74. The number of hydrogen-bond donors (Lipinski definition) is 1. The van der Waals surface area contributed by atoms with E-state index in [1.54, 1.807) is 32.0 Å². The summed E-state index contributed by atoms with van der Waals surface area (Å²) in [5.74, 6) is -0.948. The van der Waals surface area contributed by atoms with Crippen LogP contribution in [-0.4, -0.2) is 34.6 Å². The molecular formula is C20H23F3N4OS. The Hall–Kier alpha value is -2.44. The number of aryl methyl sites for hydroxylation is 1. The lowest BCUT2D eigenvalue weighted by molar-refractivity contribution is -0.192. The van der Waals surface area contributed by atoms with Crippen molar-refractivity contribution < 1.29 is 18.0 Å². The highest BCUT2D eigenvalue weighted by Crippen LogP contribution is 2.40. The van der Waals surface area contributed by atoms with Crippen LogP contribution in [0.1, 0.15) is 36.9 Å². The average Bonchev–Trinajstić information content (AvgIpc) is 3.05. The van der Waals surface area contributed by atoms with Crippen LogP contribution in [0.3, 0.4) is 0 Å². The van der Waals surface area contributed by atoms with E-state index in [4.69, 9.17) is 11.0 Å². The average molecular weight is 424 g/mol. The first kappa shape index (κ1) is 22.8. The summed E-state index contributed by atoms with van der Waals surface area (Å²) in [6, 6.07) is 4.27. The summed E-state index contributed by atoms with van der Waals surface area (Å²) in [7, 11) is 0. The van der Waals surface area contributed by atoms with Gasteiger partial charge >= 0.3 is 6.18 Å². The van der Waals surface area contributed by atoms with E-state index in [0.717, 1.165) is 9.91 Å². The number of aromatic nitrogens is 1. The van der Waals surface area contributed by atoms with Gasteiger partial charge in [0.1, 0.15) is 6.04 Å². The van der Waals surface area contributed by atoms with Gasteiger partial charge in [-0.1, -0.05) is 38.1 Å². The van der Waals surface area contributed by atoms with Gasteiger partial charge in [-0.05, 0) is 24.8 Å². The molecule has 0 fully saturated rings. The van der Waals surface area contributed by atoms with Gasteiger partial charge in [-0.25, -0.2) is 4.98 Å². The second kappa shape index (κ2) is 9.37. The first-order chi connectivity index (χ1) is 13.5. The molecule has 0 bridgehead atoms. The lowest BCUT2D eigenvalue weighted by Crippen LogP contribution is -2.51. The van der Waals surface area contributed by atoms with Crippen molar-refractivity contribution >= 4 is 17.2 Å². The molecule has 0 saturated heterocycles. The van der Waals surface area contributed by atoms with Gasteiger partial charge in [-0.3, -0.25) is 9.69 Å². The van der Waals surface area contributed by atoms with Gasteiger partial charge in [-0.15, -0.1) is 11.3 Å². The minimum Gasteiger partial charge on any atom is -0.368 e. The van der Waals surface area contributed by atoms with Crippen molar-refractivity contribution in [2.75, 3.05) is 6.54 Å². The Kier molecular flexibility index (Phi) is 7.38. The number of amides is 1. The van der Waals surface area contributed by atoms with Crippen molar-refractivity contribution in [1.82, 2.24) is 9.88 Å². The smallest absolute Gasteiger partial charge is 0.368 e. The second-order valence-corrected chi connectivity index (χ2v) is 8.26. The number of halogens is 3. The van der Waals surface area contributed by atoms with Crippen molar-refractivity contribution in [3.05, 3.63) is 40.2 Å². The van der Waals surface area contributed by atoms with Gasteiger partial charge < -0.3 is 5.73 Å². The highest BCUT2D eigenvalue weighted by atomic mass is 32.1. The number of thiazole rings is 1.